The zero-order valence-electron chi connectivity index (χ0n) is 13.3. The molecule has 3 aromatic rings. The Morgan fingerprint density at radius 3 is 2.44 bits per heavy atom. The molecule has 0 bridgehead atoms. The van der Waals surface area contributed by atoms with Crippen LogP contribution in [0.25, 0.3) is 10.6 Å². The Morgan fingerprint density at radius 1 is 1.00 bits per heavy atom. The summed E-state index contributed by atoms with van der Waals surface area (Å²) in [6, 6.07) is 19.0. The lowest BCUT2D eigenvalue weighted by molar-refractivity contribution is 0.0702. The number of nitrogens with zero attached hydrogens (tertiary/aromatic N) is 1. The Labute approximate surface area is 149 Å². The molecule has 3 rings (SSSR count). The molecule has 0 aliphatic carbocycles. The first-order valence-corrected chi connectivity index (χ1v) is 8.21. The summed E-state index contributed by atoms with van der Waals surface area (Å²) < 4.78 is 5.69. The van der Waals surface area contributed by atoms with Gasteiger partial charge in [-0.1, -0.05) is 36.4 Å². The van der Waals surface area contributed by atoms with Crippen LogP contribution in [0, 0.1) is 0 Å². The highest BCUT2D eigenvalue weighted by Crippen LogP contribution is 2.26. The van der Waals surface area contributed by atoms with E-state index in [1.807, 2.05) is 48.5 Å². The number of carboxylic acid groups (broad SMARTS) is 1. The summed E-state index contributed by atoms with van der Waals surface area (Å²) in [4.78, 5) is 16.7. The number of thiophene rings is 1. The number of hydrogen-bond acceptors (Lipinski definition) is 6. The molecule has 0 saturated heterocycles. The van der Waals surface area contributed by atoms with Crippen molar-refractivity contribution in [2.75, 3.05) is 0 Å². The number of ether oxygens (including phenoxy) is 1. The molecule has 0 aliphatic rings. The summed E-state index contributed by atoms with van der Waals surface area (Å²) in [5.41, 5.74) is 2.71. The maximum atomic E-state index is 11.0. The quantitative estimate of drug-likeness (QED) is 0.582. The third kappa shape index (κ3) is 5.47. The smallest absolute Gasteiger partial charge is 0.345 e. The molecule has 0 fully saturated rings. The zero-order valence-corrected chi connectivity index (χ0v) is 14.1. The zero-order chi connectivity index (χ0) is 18.1. The first-order valence-electron chi connectivity index (χ1n) is 7.39. The van der Waals surface area contributed by atoms with E-state index in [0.29, 0.717) is 18.1 Å². The van der Waals surface area contributed by atoms with E-state index in [2.05, 4.69) is 10.9 Å². The standard InChI is InChI=1S/C18H15NO3S.H3NO/c20-18(21)17-10-9-16(23-17)15-8-4-7-14(19-15)12-22-11-13-5-2-1-3-6-13;1-2/h1-10H,11-12H2,(H,20,21);2H,1H2. The van der Waals surface area contributed by atoms with Crippen LogP contribution in [0.3, 0.4) is 0 Å². The lowest BCUT2D eigenvalue weighted by Gasteiger charge is -2.05. The third-order valence-corrected chi connectivity index (χ3v) is 4.33. The average Bonchev–Trinajstić information content (AvgIpc) is 3.15. The number of benzene rings is 1. The Balaban J connectivity index is 0.00000109. The van der Waals surface area contributed by atoms with Gasteiger partial charge >= 0.3 is 5.97 Å². The predicted octanol–water partition coefficient (Wildman–Crippen LogP) is 3.56. The topological polar surface area (TPSA) is 106 Å². The van der Waals surface area contributed by atoms with Gasteiger partial charge in [-0.3, -0.25) is 0 Å². The summed E-state index contributed by atoms with van der Waals surface area (Å²) in [5.74, 6) is 2.59. The Hall–Kier alpha value is -2.58. The molecular formula is C18H18N2O4S. The van der Waals surface area contributed by atoms with Crippen LogP contribution in [0.4, 0.5) is 0 Å². The van der Waals surface area contributed by atoms with Crippen LogP contribution in [0.2, 0.25) is 0 Å². The second-order valence-corrected chi connectivity index (χ2v) is 6.05. The molecule has 0 amide bonds. The third-order valence-electron chi connectivity index (χ3n) is 3.24. The summed E-state index contributed by atoms with van der Waals surface area (Å²) in [7, 11) is 0. The van der Waals surface area contributed by atoms with Crippen molar-refractivity contribution in [3.8, 4) is 10.6 Å². The van der Waals surface area contributed by atoms with E-state index in [-0.39, 0.29) is 0 Å². The van der Waals surface area contributed by atoms with Crippen LogP contribution in [0.1, 0.15) is 20.9 Å². The van der Waals surface area contributed by atoms with E-state index in [1.165, 1.54) is 11.3 Å². The largest absolute Gasteiger partial charge is 0.477 e. The predicted molar refractivity (Wildman–Crippen MR) is 95.4 cm³/mol. The van der Waals surface area contributed by atoms with Crippen molar-refractivity contribution < 1.29 is 19.8 Å². The normalized spacial score (nSPS) is 10.0. The van der Waals surface area contributed by atoms with E-state index < -0.39 is 5.97 Å². The van der Waals surface area contributed by atoms with Gasteiger partial charge in [0.2, 0.25) is 0 Å². The number of pyridine rings is 1. The van der Waals surface area contributed by atoms with Gasteiger partial charge in [-0.15, -0.1) is 11.3 Å². The fourth-order valence-corrected chi connectivity index (χ4v) is 2.95. The van der Waals surface area contributed by atoms with E-state index >= 15 is 0 Å². The monoisotopic (exact) mass is 358 g/mol. The molecule has 0 radical (unpaired) electrons. The maximum Gasteiger partial charge on any atom is 0.345 e. The van der Waals surface area contributed by atoms with Crippen molar-refractivity contribution in [3.05, 3.63) is 76.8 Å². The number of nitrogens with two attached hydrogens (primary N) is 1. The first kappa shape index (κ1) is 18.8. The highest BCUT2D eigenvalue weighted by Gasteiger charge is 2.09. The molecule has 0 atom stereocenters. The highest BCUT2D eigenvalue weighted by atomic mass is 32.1. The highest BCUT2D eigenvalue weighted by molar-refractivity contribution is 7.17. The van der Waals surface area contributed by atoms with Gasteiger partial charge in [-0.05, 0) is 29.8 Å². The fourth-order valence-electron chi connectivity index (χ4n) is 2.14. The minimum absolute atomic E-state index is 0.313. The van der Waals surface area contributed by atoms with Crippen molar-refractivity contribution in [1.82, 2.24) is 4.98 Å². The van der Waals surface area contributed by atoms with E-state index in [9.17, 15) is 4.79 Å². The lowest BCUT2D eigenvalue weighted by Crippen LogP contribution is -1.97. The number of aromatic nitrogens is 1. The molecule has 1 aromatic carbocycles. The van der Waals surface area contributed by atoms with Gasteiger partial charge in [0, 0.05) is 0 Å². The molecule has 0 spiro atoms. The van der Waals surface area contributed by atoms with E-state index in [1.54, 1.807) is 12.1 Å². The van der Waals surface area contributed by atoms with Crippen LogP contribution in [0.5, 0.6) is 0 Å². The minimum Gasteiger partial charge on any atom is -0.477 e. The molecule has 25 heavy (non-hydrogen) atoms. The van der Waals surface area contributed by atoms with Crippen molar-refractivity contribution >= 4 is 17.3 Å². The van der Waals surface area contributed by atoms with Gasteiger partial charge in [0.1, 0.15) is 4.88 Å². The molecule has 7 heteroatoms. The van der Waals surface area contributed by atoms with Crippen LogP contribution >= 0.6 is 11.3 Å². The molecule has 0 aliphatic heterocycles. The Bertz CT molecular complexity index is 806. The minimum atomic E-state index is -0.913. The number of carboxylic acids is 1. The summed E-state index contributed by atoms with van der Waals surface area (Å²) in [5, 5.41) is 15.5. The van der Waals surface area contributed by atoms with Gasteiger partial charge in [0.15, 0.2) is 0 Å². The van der Waals surface area contributed by atoms with Gasteiger partial charge in [-0.2, -0.15) is 0 Å². The van der Waals surface area contributed by atoms with Gasteiger partial charge in [-0.25, -0.2) is 15.7 Å². The van der Waals surface area contributed by atoms with E-state index in [4.69, 9.17) is 15.1 Å². The molecule has 2 aromatic heterocycles. The van der Waals surface area contributed by atoms with Crippen LogP contribution < -0.4 is 5.90 Å². The number of carbonyl (C=O) groups is 1. The average molecular weight is 358 g/mol. The summed E-state index contributed by atoms with van der Waals surface area (Å²) in [6.07, 6.45) is 0. The Kier molecular flexibility index (Phi) is 7.24. The summed E-state index contributed by atoms with van der Waals surface area (Å²) in [6.45, 7) is 0.953. The molecule has 6 nitrogen and oxygen atoms in total. The van der Waals surface area contributed by atoms with Crippen LogP contribution in [-0.2, 0) is 18.0 Å². The van der Waals surface area contributed by atoms with Gasteiger partial charge < -0.3 is 15.1 Å². The Morgan fingerprint density at radius 2 is 1.76 bits per heavy atom. The lowest BCUT2D eigenvalue weighted by atomic mass is 10.2. The molecular weight excluding hydrogens is 340 g/mol. The molecule has 0 saturated carbocycles. The second kappa shape index (κ2) is 9.65. The number of aromatic carboxylic acids is 1. The summed E-state index contributed by atoms with van der Waals surface area (Å²) >= 11 is 1.22. The van der Waals surface area contributed by atoms with Crippen LogP contribution in [0.15, 0.2) is 60.7 Å². The van der Waals surface area contributed by atoms with Gasteiger partial charge in [0.05, 0.1) is 29.5 Å². The number of rotatable bonds is 6. The maximum absolute atomic E-state index is 11.0. The van der Waals surface area contributed by atoms with Gasteiger partial charge in [0.25, 0.3) is 0 Å². The van der Waals surface area contributed by atoms with Crippen molar-refractivity contribution in [2.24, 2.45) is 5.90 Å². The van der Waals surface area contributed by atoms with Crippen molar-refractivity contribution in [1.29, 1.82) is 0 Å². The first-order chi connectivity index (χ1) is 12.2. The SMILES string of the molecule is NO.O=C(O)c1ccc(-c2cccc(COCc3ccccc3)n2)s1. The molecule has 130 valence electrons. The van der Waals surface area contributed by atoms with E-state index in [0.717, 1.165) is 21.8 Å². The molecule has 2 heterocycles. The molecule has 4 N–H and O–H groups in total. The van der Waals surface area contributed by atoms with Crippen molar-refractivity contribution in [2.45, 2.75) is 13.2 Å². The number of hydrogen-bond donors (Lipinski definition) is 3. The fraction of sp³-hybridized carbons (Fsp3) is 0.111. The van der Waals surface area contributed by atoms with Crippen molar-refractivity contribution in [3.63, 3.8) is 0 Å². The van der Waals surface area contributed by atoms with Crippen LogP contribution in [-0.4, -0.2) is 21.3 Å². The molecule has 0 unspecified atom stereocenters. The second-order valence-electron chi connectivity index (χ2n) is 4.96.